The summed E-state index contributed by atoms with van der Waals surface area (Å²) in [5, 5.41) is 0.699. The lowest BCUT2D eigenvalue weighted by atomic mass is 10.1. The summed E-state index contributed by atoms with van der Waals surface area (Å²) in [5.41, 5.74) is 8.29. The quantitative estimate of drug-likeness (QED) is 0.726. The van der Waals surface area contributed by atoms with Gasteiger partial charge in [-0.15, -0.1) is 0 Å². The fourth-order valence-corrected chi connectivity index (χ4v) is 1.47. The molecule has 0 spiro atoms. The van der Waals surface area contributed by atoms with Gasteiger partial charge in [0.15, 0.2) is 0 Å². The fourth-order valence-electron chi connectivity index (χ4n) is 1.25. The van der Waals surface area contributed by atoms with E-state index in [0.717, 1.165) is 16.8 Å². The summed E-state index contributed by atoms with van der Waals surface area (Å²) in [6.45, 7) is 0. The number of hydrogen-bond acceptors (Lipinski definition) is 2. The van der Waals surface area contributed by atoms with Crippen molar-refractivity contribution in [1.29, 1.82) is 0 Å². The molecular formula is C11H9ClN2. The van der Waals surface area contributed by atoms with Gasteiger partial charge in [-0.2, -0.15) is 0 Å². The van der Waals surface area contributed by atoms with E-state index < -0.39 is 0 Å². The standard InChI is InChI=1S/C11H9ClN2/c12-11-5-6-14-7-10(11)8-1-3-9(13)4-2-8/h1-7H,13H2. The average Bonchev–Trinajstić information content (AvgIpc) is 2.20. The monoisotopic (exact) mass is 204 g/mol. The molecule has 0 bridgehead atoms. The lowest BCUT2D eigenvalue weighted by Crippen LogP contribution is -1.85. The first kappa shape index (κ1) is 9.03. The molecule has 1 aromatic heterocycles. The highest BCUT2D eigenvalue weighted by atomic mass is 35.5. The highest BCUT2D eigenvalue weighted by Gasteiger charge is 2.01. The van der Waals surface area contributed by atoms with Gasteiger partial charge in [0.2, 0.25) is 0 Å². The third-order valence-electron chi connectivity index (χ3n) is 1.99. The number of rotatable bonds is 1. The van der Waals surface area contributed by atoms with E-state index in [0.29, 0.717) is 5.02 Å². The molecule has 14 heavy (non-hydrogen) atoms. The molecule has 0 aliphatic rings. The van der Waals surface area contributed by atoms with Crippen LogP contribution in [-0.2, 0) is 0 Å². The van der Waals surface area contributed by atoms with Crippen LogP contribution in [0.2, 0.25) is 5.02 Å². The molecule has 2 nitrogen and oxygen atoms in total. The maximum absolute atomic E-state index is 6.03. The second kappa shape index (κ2) is 3.68. The predicted molar refractivity (Wildman–Crippen MR) is 59.1 cm³/mol. The summed E-state index contributed by atoms with van der Waals surface area (Å²) < 4.78 is 0. The zero-order valence-corrected chi connectivity index (χ0v) is 8.20. The molecule has 0 saturated heterocycles. The molecule has 0 amide bonds. The molecule has 2 N–H and O–H groups in total. The van der Waals surface area contributed by atoms with E-state index in [2.05, 4.69) is 4.98 Å². The Morgan fingerprint density at radius 3 is 2.43 bits per heavy atom. The van der Waals surface area contributed by atoms with Crippen molar-refractivity contribution >= 4 is 17.3 Å². The Balaban J connectivity index is 2.50. The number of nitrogens with two attached hydrogens (primary N) is 1. The third-order valence-corrected chi connectivity index (χ3v) is 2.32. The number of aromatic nitrogens is 1. The van der Waals surface area contributed by atoms with Crippen LogP contribution in [0, 0.1) is 0 Å². The Morgan fingerprint density at radius 1 is 1.07 bits per heavy atom. The van der Waals surface area contributed by atoms with E-state index in [1.54, 1.807) is 18.5 Å². The predicted octanol–water partition coefficient (Wildman–Crippen LogP) is 2.98. The van der Waals surface area contributed by atoms with Gasteiger partial charge in [0.05, 0.1) is 5.02 Å². The molecule has 1 aromatic carbocycles. The number of halogens is 1. The summed E-state index contributed by atoms with van der Waals surface area (Å²) >= 11 is 6.03. The zero-order valence-electron chi connectivity index (χ0n) is 7.44. The third kappa shape index (κ3) is 1.70. The molecule has 0 aliphatic carbocycles. The summed E-state index contributed by atoms with van der Waals surface area (Å²) in [4.78, 5) is 4.03. The van der Waals surface area contributed by atoms with Crippen LogP contribution in [0.4, 0.5) is 5.69 Å². The van der Waals surface area contributed by atoms with Crippen molar-refractivity contribution in [3.05, 3.63) is 47.7 Å². The first-order valence-corrected chi connectivity index (χ1v) is 4.60. The highest BCUT2D eigenvalue weighted by Crippen LogP contribution is 2.26. The van der Waals surface area contributed by atoms with E-state index in [4.69, 9.17) is 17.3 Å². The Bertz CT molecular complexity index is 437. The normalized spacial score (nSPS) is 10.1. The van der Waals surface area contributed by atoms with Crippen molar-refractivity contribution in [2.24, 2.45) is 0 Å². The average molecular weight is 205 g/mol. The van der Waals surface area contributed by atoms with Crippen LogP contribution < -0.4 is 5.73 Å². The van der Waals surface area contributed by atoms with E-state index in [1.807, 2.05) is 24.3 Å². The van der Waals surface area contributed by atoms with Crippen LogP contribution in [0.5, 0.6) is 0 Å². The molecule has 1 heterocycles. The van der Waals surface area contributed by atoms with Crippen LogP contribution in [0.15, 0.2) is 42.7 Å². The van der Waals surface area contributed by atoms with E-state index >= 15 is 0 Å². The van der Waals surface area contributed by atoms with E-state index in [-0.39, 0.29) is 0 Å². The minimum Gasteiger partial charge on any atom is -0.399 e. The first-order valence-electron chi connectivity index (χ1n) is 4.23. The Hall–Kier alpha value is -1.54. The van der Waals surface area contributed by atoms with Crippen LogP contribution in [0.3, 0.4) is 0 Å². The number of hydrogen-bond donors (Lipinski definition) is 1. The Labute approximate surface area is 87.4 Å². The van der Waals surface area contributed by atoms with Gasteiger partial charge in [-0.3, -0.25) is 4.98 Å². The van der Waals surface area contributed by atoms with Crippen LogP contribution in [0.25, 0.3) is 11.1 Å². The van der Waals surface area contributed by atoms with Crippen LogP contribution in [0.1, 0.15) is 0 Å². The second-order valence-corrected chi connectivity index (χ2v) is 3.38. The van der Waals surface area contributed by atoms with Crippen molar-refractivity contribution in [3.8, 4) is 11.1 Å². The molecule has 2 rings (SSSR count). The van der Waals surface area contributed by atoms with Gasteiger partial charge in [-0.1, -0.05) is 23.7 Å². The summed E-state index contributed by atoms with van der Waals surface area (Å²) in [6, 6.07) is 9.32. The van der Waals surface area contributed by atoms with Crippen molar-refractivity contribution in [1.82, 2.24) is 4.98 Å². The van der Waals surface area contributed by atoms with Gasteiger partial charge >= 0.3 is 0 Å². The smallest absolute Gasteiger partial charge is 0.0515 e. The molecule has 0 fully saturated rings. The summed E-state index contributed by atoms with van der Waals surface area (Å²) in [7, 11) is 0. The summed E-state index contributed by atoms with van der Waals surface area (Å²) in [6.07, 6.45) is 3.41. The van der Waals surface area contributed by atoms with Gasteiger partial charge in [0, 0.05) is 23.6 Å². The molecule has 0 saturated carbocycles. The largest absolute Gasteiger partial charge is 0.399 e. The van der Waals surface area contributed by atoms with Gasteiger partial charge in [-0.05, 0) is 23.8 Å². The van der Waals surface area contributed by atoms with Crippen molar-refractivity contribution in [3.63, 3.8) is 0 Å². The number of benzene rings is 1. The molecule has 3 heteroatoms. The first-order chi connectivity index (χ1) is 6.77. The zero-order chi connectivity index (χ0) is 9.97. The number of nitrogens with zero attached hydrogens (tertiary/aromatic N) is 1. The Morgan fingerprint density at radius 2 is 1.79 bits per heavy atom. The molecule has 0 aliphatic heterocycles. The van der Waals surface area contributed by atoms with Gasteiger partial charge < -0.3 is 5.73 Å². The number of nitrogen functional groups attached to an aromatic ring is 1. The molecule has 0 unspecified atom stereocenters. The van der Waals surface area contributed by atoms with Crippen LogP contribution in [-0.4, -0.2) is 4.98 Å². The Kier molecular flexibility index (Phi) is 2.37. The van der Waals surface area contributed by atoms with Crippen LogP contribution >= 0.6 is 11.6 Å². The molecule has 2 aromatic rings. The van der Waals surface area contributed by atoms with Gasteiger partial charge in [-0.25, -0.2) is 0 Å². The van der Waals surface area contributed by atoms with Gasteiger partial charge in [0.1, 0.15) is 0 Å². The second-order valence-electron chi connectivity index (χ2n) is 2.98. The number of anilines is 1. The molecular weight excluding hydrogens is 196 g/mol. The summed E-state index contributed by atoms with van der Waals surface area (Å²) in [5.74, 6) is 0. The van der Waals surface area contributed by atoms with Gasteiger partial charge in [0.25, 0.3) is 0 Å². The minimum absolute atomic E-state index is 0.699. The number of pyridine rings is 1. The van der Waals surface area contributed by atoms with Crippen molar-refractivity contribution < 1.29 is 0 Å². The highest BCUT2D eigenvalue weighted by molar-refractivity contribution is 6.33. The van der Waals surface area contributed by atoms with E-state index in [1.165, 1.54) is 0 Å². The lowest BCUT2D eigenvalue weighted by molar-refractivity contribution is 1.33. The maximum Gasteiger partial charge on any atom is 0.0515 e. The lowest BCUT2D eigenvalue weighted by Gasteiger charge is -2.03. The molecule has 70 valence electrons. The maximum atomic E-state index is 6.03. The van der Waals surface area contributed by atoms with Crippen molar-refractivity contribution in [2.45, 2.75) is 0 Å². The van der Waals surface area contributed by atoms with Crippen molar-refractivity contribution in [2.75, 3.05) is 5.73 Å². The minimum atomic E-state index is 0.699. The fraction of sp³-hybridized carbons (Fsp3) is 0. The SMILES string of the molecule is Nc1ccc(-c2cnccc2Cl)cc1. The molecule has 0 atom stereocenters. The topological polar surface area (TPSA) is 38.9 Å². The van der Waals surface area contributed by atoms with E-state index in [9.17, 15) is 0 Å². The molecule has 0 radical (unpaired) electrons.